The van der Waals surface area contributed by atoms with Gasteiger partial charge in [-0.2, -0.15) is 0 Å². The van der Waals surface area contributed by atoms with Crippen molar-refractivity contribution < 1.29 is 14.4 Å². The summed E-state index contributed by atoms with van der Waals surface area (Å²) in [5, 5.41) is 9.45. The second kappa shape index (κ2) is 15.7. The molecule has 0 bridgehead atoms. The van der Waals surface area contributed by atoms with Gasteiger partial charge in [0.25, 0.3) is 0 Å². The van der Waals surface area contributed by atoms with Gasteiger partial charge in [0.1, 0.15) is 12.5 Å². The van der Waals surface area contributed by atoms with Crippen LogP contribution in [0, 0.1) is 0 Å². The Bertz CT molecular complexity index is 937. The van der Waals surface area contributed by atoms with E-state index in [9.17, 15) is 14.4 Å². The maximum Gasteiger partial charge on any atom is 0.334 e. The van der Waals surface area contributed by atoms with Crippen LogP contribution in [-0.2, 0) is 16.1 Å². The van der Waals surface area contributed by atoms with Crippen LogP contribution in [0.25, 0.3) is 0 Å². The highest BCUT2D eigenvalue weighted by Gasteiger charge is 2.33. The highest BCUT2D eigenvalue weighted by atomic mass is 16.2. The first-order chi connectivity index (χ1) is 17.9. The topological polar surface area (TPSA) is 114 Å². The zero-order valence-corrected chi connectivity index (χ0v) is 22.1. The van der Waals surface area contributed by atoms with Gasteiger partial charge in [-0.1, -0.05) is 61.6 Å². The van der Waals surface area contributed by atoms with E-state index < -0.39 is 6.17 Å². The molecular formula is C27H41N7O3. The van der Waals surface area contributed by atoms with E-state index in [1.165, 1.54) is 9.91 Å². The van der Waals surface area contributed by atoms with Gasteiger partial charge in [0.05, 0.1) is 6.54 Å². The van der Waals surface area contributed by atoms with E-state index in [1.54, 1.807) is 11.1 Å². The predicted molar refractivity (Wildman–Crippen MR) is 146 cm³/mol. The molecule has 3 unspecified atom stereocenters. The number of nitrogens with zero attached hydrogens (tertiary/aromatic N) is 4. The van der Waals surface area contributed by atoms with Gasteiger partial charge in [0, 0.05) is 44.8 Å². The molecule has 0 aromatic heterocycles. The Morgan fingerprint density at radius 3 is 2.51 bits per heavy atom. The summed E-state index contributed by atoms with van der Waals surface area (Å²) in [7, 11) is 3.77. The van der Waals surface area contributed by atoms with Crippen LogP contribution in [0.15, 0.2) is 66.8 Å². The molecule has 0 saturated heterocycles. The monoisotopic (exact) mass is 511 g/mol. The Balaban J connectivity index is 2.31. The van der Waals surface area contributed by atoms with E-state index in [2.05, 4.69) is 17.2 Å². The van der Waals surface area contributed by atoms with E-state index in [-0.39, 0.29) is 24.7 Å². The van der Waals surface area contributed by atoms with Gasteiger partial charge in [-0.25, -0.2) is 14.8 Å². The average Bonchev–Trinajstić information content (AvgIpc) is 2.90. The van der Waals surface area contributed by atoms with Crippen molar-refractivity contribution in [3.8, 4) is 0 Å². The first-order valence-corrected chi connectivity index (χ1v) is 12.5. The van der Waals surface area contributed by atoms with Crippen molar-refractivity contribution in [2.45, 2.75) is 31.7 Å². The SMILES string of the molecule is C=CCN(CC)N(C(=O)NCc1ccccc1)C(CN(C)CC1=CC(N)C(NC)C=C1)N(C=O)CC=O. The van der Waals surface area contributed by atoms with Gasteiger partial charge < -0.3 is 26.1 Å². The molecule has 3 atom stereocenters. The van der Waals surface area contributed by atoms with Crippen LogP contribution in [0.1, 0.15) is 12.5 Å². The van der Waals surface area contributed by atoms with Crippen LogP contribution in [0.4, 0.5) is 4.79 Å². The number of aldehydes is 1. The first-order valence-electron chi connectivity index (χ1n) is 12.5. The van der Waals surface area contributed by atoms with Crippen LogP contribution < -0.4 is 16.4 Å². The molecule has 1 aliphatic carbocycles. The van der Waals surface area contributed by atoms with Crippen molar-refractivity contribution in [1.29, 1.82) is 0 Å². The molecule has 0 radical (unpaired) electrons. The largest absolute Gasteiger partial charge is 0.334 e. The number of hydrogen-bond acceptors (Lipinski definition) is 7. The van der Waals surface area contributed by atoms with Crippen molar-refractivity contribution >= 4 is 18.7 Å². The van der Waals surface area contributed by atoms with Crippen LogP contribution in [0.3, 0.4) is 0 Å². The van der Waals surface area contributed by atoms with Crippen molar-refractivity contribution in [3.63, 3.8) is 0 Å². The van der Waals surface area contributed by atoms with E-state index in [1.807, 2.05) is 74.5 Å². The standard InChI is InChI=1S/C27H41N7O3/c1-5-14-33(6-2)34(27(37)30-18-22-10-8-7-9-11-22)26(32(21-36)15-16-35)20-31(4)19-23-12-13-25(29-3)24(28)17-23/h5,7-13,16-17,21,24-26,29H,1,6,14-15,18-20,28H2,2-4H3,(H,30,37). The molecule has 0 fully saturated rings. The van der Waals surface area contributed by atoms with Crippen molar-refractivity contribution in [2.75, 3.05) is 46.8 Å². The number of carbonyl (C=O) groups is 3. The molecule has 37 heavy (non-hydrogen) atoms. The summed E-state index contributed by atoms with van der Waals surface area (Å²) < 4.78 is 0. The number of amides is 3. The van der Waals surface area contributed by atoms with Crippen molar-refractivity contribution in [3.05, 3.63) is 72.4 Å². The van der Waals surface area contributed by atoms with E-state index in [0.717, 1.165) is 11.1 Å². The van der Waals surface area contributed by atoms with Crippen molar-refractivity contribution in [1.82, 2.24) is 30.5 Å². The molecule has 1 aromatic rings. The van der Waals surface area contributed by atoms with Gasteiger partial charge >= 0.3 is 6.03 Å². The Kier molecular flexibility index (Phi) is 12.7. The predicted octanol–water partition coefficient (Wildman–Crippen LogP) is 0.948. The molecule has 1 aliphatic rings. The molecule has 0 aliphatic heterocycles. The first kappa shape index (κ1) is 29.9. The molecule has 1 aromatic carbocycles. The molecule has 10 heteroatoms. The fourth-order valence-corrected chi connectivity index (χ4v) is 4.28. The Morgan fingerprint density at radius 2 is 1.95 bits per heavy atom. The smallest absolute Gasteiger partial charge is 0.333 e. The van der Waals surface area contributed by atoms with Gasteiger partial charge in [-0.3, -0.25) is 9.69 Å². The molecule has 0 saturated carbocycles. The Hall–Kier alpha value is -3.31. The normalized spacial score (nSPS) is 17.7. The number of hydrazine groups is 1. The molecule has 10 nitrogen and oxygen atoms in total. The molecule has 4 N–H and O–H groups in total. The third-order valence-corrected chi connectivity index (χ3v) is 6.19. The number of carbonyl (C=O) groups excluding carboxylic acids is 3. The van der Waals surface area contributed by atoms with Crippen molar-refractivity contribution in [2.24, 2.45) is 5.73 Å². The minimum atomic E-state index is -0.740. The molecule has 0 heterocycles. The second-order valence-corrected chi connectivity index (χ2v) is 8.92. The lowest BCUT2D eigenvalue weighted by atomic mass is 9.98. The van der Waals surface area contributed by atoms with Gasteiger partial charge in [-0.05, 0) is 25.2 Å². The summed E-state index contributed by atoms with van der Waals surface area (Å²) in [4.78, 5) is 40.5. The lowest BCUT2D eigenvalue weighted by Crippen LogP contribution is -2.63. The zero-order valence-electron chi connectivity index (χ0n) is 22.1. The van der Waals surface area contributed by atoms with Gasteiger partial charge in [0.15, 0.2) is 0 Å². The van der Waals surface area contributed by atoms with Gasteiger partial charge in [-0.15, -0.1) is 6.58 Å². The molecule has 3 amide bonds. The fraction of sp³-hybridized carbons (Fsp3) is 0.444. The lowest BCUT2D eigenvalue weighted by Gasteiger charge is -2.44. The number of benzene rings is 1. The number of urea groups is 1. The average molecular weight is 512 g/mol. The van der Waals surface area contributed by atoms with Crippen LogP contribution in [-0.4, -0.2) is 104 Å². The lowest BCUT2D eigenvalue weighted by molar-refractivity contribution is -0.135. The van der Waals surface area contributed by atoms with E-state index in [4.69, 9.17) is 5.73 Å². The second-order valence-electron chi connectivity index (χ2n) is 8.92. The summed E-state index contributed by atoms with van der Waals surface area (Å²) in [5.74, 6) is 0. The maximum absolute atomic E-state index is 13.6. The Labute approximate surface area is 220 Å². The fourth-order valence-electron chi connectivity index (χ4n) is 4.28. The molecular weight excluding hydrogens is 470 g/mol. The minimum absolute atomic E-state index is 0.0702. The van der Waals surface area contributed by atoms with Crippen LogP contribution >= 0.6 is 0 Å². The minimum Gasteiger partial charge on any atom is -0.333 e. The third kappa shape index (κ3) is 8.94. The summed E-state index contributed by atoms with van der Waals surface area (Å²) in [6.45, 7) is 7.65. The number of nitrogens with one attached hydrogen (secondary N) is 2. The van der Waals surface area contributed by atoms with E-state index in [0.29, 0.717) is 45.4 Å². The molecule has 202 valence electrons. The van der Waals surface area contributed by atoms with Crippen LogP contribution in [0.5, 0.6) is 0 Å². The quantitative estimate of drug-likeness (QED) is 0.131. The summed E-state index contributed by atoms with van der Waals surface area (Å²) in [6.07, 6.45) is 8.30. The summed E-state index contributed by atoms with van der Waals surface area (Å²) in [5.41, 5.74) is 8.23. The highest BCUT2D eigenvalue weighted by molar-refractivity contribution is 5.74. The number of rotatable bonds is 16. The number of nitrogens with two attached hydrogens (primary N) is 1. The highest BCUT2D eigenvalue weighted by Crippen LogP contribution is 2.15. The zero-order chi connectivity index (χ0) is 27.2. The number of hydrogen-bond donors (Lipinski definition) is 3. The summed E-state index contributed by atoms with van der Waals surface area (Å²) in [6, 6.07) is 9.12. The Morgan fingerprint density at radius 1 is 1.22 bits per heavy atom. The maximum atomic E-state index is 13.6. The number of likely N-dealkylation sites (N-methyl/N-ethyl adjacent to an activating group) is 3. The molecule has 2 rings (SSSR count). The van der Waals surface area contributed by atoms with E-state index >= 15 is 0 Å². The summed E-state index contributed by atoms with van der Waals surface area (Å²) >= 11 is 0. The third-order valence-electron chi connectivity index (χ3n) is 6.19. The van der Waals surface area contributed by atoms with Gasteiger partial charge in [0.2, 0.25) is 6.41 Å². The molecule has 0 spiro atoms. The van der Waals surface area contributed by atoms with Crippen LogP contribution in [0.2, 0.25) is 0 Å².